The van der Waals surface area contributed by atoms with Crippen LogP contribution in [0.25, 0.3) is 0 Å². The summed E-state index contributed by atoms with van der Waals surface area (Å²) in [6.45, 7) is 1.42. The van der Waals surface area contributed by atoms with Crippen molar-refractivity contribution in [1.82, 2.24) is 4.98 Å². The lowest BCUT2D eigenvalue weighted by atomic mass is 10.2. The number of aliphatic hydroxyl groups excluding tert-OH is 2. The van der Waals surface area contributed by atoms with Crippen LogP contribution >= 0.6 is 0 Å². The molecule has 0 saturated carbocycles. The Bertz CT molecular complexity index is 427. The number of aliphatic hydroxyl groups is 2. The number of hydrogen-bond acceptors (Lipinski definition) is 3. The molecule has 1 aromatic rings. The SMILES string of the molecule is C[C@@H](O)C#Cc1ccc(C#CCO)nc1. The standard InChI is InChI=1S/C12H11NO2/c1-10(15)4-5-11-6-7-12(13-9-11)3-2-8-14/h6-7,9-10,14-15H,8H2,1H3/t10-/m1/s1. The Morgan fingerprint density at radius 1 is 1.40 bits per heavy atom. The van der Waals surface area contributed by atoms with Crippen LogP contribution in [0.4, 0.5) is 0 Å². The molecule has 0 radical (unpaired) electrons. The highest BCUT2D eigenvalue weighted by Crippen LogP contribution is 1.97. The zero-order chi connectivity index (χ0) is 11.1. The van der Waals surface area contributed by atoms with Crippen LogP contribution in [-0.2, 0) is 0 Å². The number of pyridine rings is 1. The zero-order valence-corrected chi connectivity index (χ0v) is 8.36. The fourth-order valence-electron chi connectivity index (χ4n) is 0.860. The second kappa shape index (κ2) is 5.82. The van der Waals surface area contributed by atoms with Gasteiger partial charge in [-0.25, -0.2) is 4.98 Å². The molecule has 1 aromatic heterocycles. The molecule has 76 valence electrons. The maximum Gasteiger partial charge on any atom is 0.113 e. The van der Waals surface area contributed by atoms with Crippen molar-refractivity contribution >= 4 is 0 Å². The maximum atomic E-state index is 8.94. The lowest BCUT2D eigenvalue weighted by Gasteiger charge is -1.91. The van der Waals surface area contributed by atoms with Gasteiger partial charge in [-0.15, -0.1) is 0 Å². The predicted molar refractivity (Wildman–Crippen MR) is 56.8 cm³/mol. The van der Waals surface area contributed by atoms with Crippen molar-refractivity contribution < 1.29 is 10.2 Å². The van der Waals surface area contributed by atoms with Crippen LogP contribution in [0.1, 0.15) is 18.2 Å². The average molecular weight is 201 g/mol. The molecule has 0 unspecified atom stereocenters. The quantitative estimate of drug-likeness (QED) is 0.588. The van der Waals surface area contributed by atoms with Gasteiger partial charge in [-0.2, -0.15) is 0 Å². The minimum atomic E-state index is -0.640. The molecule has 3 nitrogen and oxygen atoms in total. The van der Waals surface area contributed by atoms with E-state index in [9.17, 15) is 0 Å². The Balaban J connectivity index is 2.78. The molecule has 0 bridgehead atoms. The second-order valence-electron chi connectivity index (χ2n) is 2.84. The topological polar surface area (TPSA) is 53.4 Å². The van der Waals surface area contributed by atoms with Gasteiger partial charge in [-0.1, -0.05) is 17.8 Å². The molecule has 0 aliphatic heterocycles. The molecular formula is C12H11NO2. The molecule has 1 atom stereocenters. The summed E-state index contributed by atoms with van der Waals surface area (Å²) < 4.78 is 0. The highest BCUT2D eigenvalue weighted by atomic mass is 16.3. The van der Waals surface area contributed by atoms with E-state index in [1.165, 1.54) is 0 Å². The van der Waals surface area contributed by atoms with Gasteiger partial charge in [0.05, 0.1) is 0 Å². The smallest absolute Gasteiger partial charge is 0.113 e. The van der Waals surface area contributed by atoms with Crippen LogP contribution < -0.4 is 0 Å². The van der Waals surface area contributed by atoms with Gasteiger partial charge >= 0.3 is 0 Å². The minimum absolute atomic E-state index is 0.175. The molecule has 1 heterocycles. The van der Waals surface area contributed by atoms with Crippen LogP contribution in [0, 0.1) is 23.7 Å². The second-order valence-corrected chi connectivity index (χ2v) is 2.84. The van der Waals surface area contributed by atoms with E-state index in [4.69, 9.17) is 10.2 Å². The molecule has 0 aliphatic rings. The van der Waals surface area contributed by atoms with Crippen LogP contribution in [0.2, 0.25) is 0 Å². The zero-order valence-electron chi connectivity index (χ0n) is 8.36. The molecule has 3 heteroatoms. The highest BCUT2D eigenvalue weighted by molar-refractivity contribution is 5.36. The summed E-state index contributed by atoms with van der Waals surface area (Å²) in [7, 11) is 0. The van der Waals surface area contributed by atoms with E-state index in [0.29, 0.717) is 5.69 Å². The Morgan fingerprint density at radius 2 is 2.20 bits per heavy atom. The van der Waals surface area contributed by atoms with Gasteiger partial charge in [0.25, 0.3) is 0 Å². The van der Waals surface area contributed by atoms with Crippen molar-refractivity contribution in [1.29, 1.82) is 0 Å². The van der Waals surface area contributed by atoms with E-state index in [-0.39, 0.29) is 6.61 Å². The van der Waals surface area contributed by atoms with E-state index in [0.717, 1.165) is 5.56 Å². The summed E-state index contributed by atoms with van der Waals surface area (Å²) in [4.78, 5) is 4.03. The number of rotatable bonds is 0. The van der Waals surface area contributed by atoms with Gasteiger partial charge in [0.1, 0.15) is 18.4 Å². The average Bonchev–Trinajstić information content (AvgIpc) is 2.25. The van der Waals surface area contributed by atoms with Crippen LogP contribution in [-0.4, -0.2) is 27.9 Å². The first-order chi connectivity index (χ1) is 7.22. The predicted octanol–water partition coefficient (Wildman–Crippen LogP) is 0.158. The lowest BCUT2D eigenvalue weighted by molar-refractivity contribution is 0.253. The number of hydrogen-bond donors (Lipinski definition) is 2. The molecule has 2 N–H and O–H groups in total. The van der Waals surface area contributed by atoms with Crippen molar-refractivity contribution in [2.24, 2.45) is 0 Å². The third kappa shape index (κ3) is 4.28. The molecule has 15 heavy (non-hydrogen) atoms. The molecule has 0 aromatic carbocycles. The van der Waals surface area contributed by atoms with Crippen LogP contribution in [0.15, 0.2) is 18.3 Å². The van der Waals surface area contributed by atoms with Crippen molar-refractivity contribution in [3.05, 3.63) is 29.6 Å². The molecule has 1 rings (SSSR count). The largest absolute Gasteiger partial charge is 0.384 e. The first kappa shape index (κ1) is 11.3. The Kier molecular flexibility index (Phi) is 4.37. The summed E-state index contributed by atoms with van der Waals surface area (Å²) in [5.74, 6) is 10.6. The Morgan fingerprint density at radius 3 is 2.73 bits per heavy atom. The van der Waals surface area contributed by atoms with Gasteiger partial charge in [0.15, 0.2) is 0 Å². The maximum absolute atomic E-state index is 8.94. The van der Waals surface area contributed by atoms with E-state index >= 15 is 0 Å². The minimum Gasteiger partial charge on any atom is -0.384 e. The molecular weight excluding hydrogens is 190 g/mol. The summed E-state index contributed by atoms with van der Waals surface area (Å²) in [6.07, 6.45) is 0.940. The molecule has 0 fully saturated rings. The molecule has 0 saturated heterocycles. The normalized spacial score (nSPS) is 10.6. The number of nitrogens with zero attached hydrogens (tertiary/aromatic N) is 1. The number of aromatic nitrogens is 1. The van der Waals surface area contributed by atoms with E-state index in [2.05, 4.69) is 28.7 Å². The van der Waals surface area contributed by atoms with Gasteiger partial charge in [-0.3, -0.25) is 0 Å². The monoisotopic (exact) mass is 201 g/mol. The third-order valence-corrected chi connectivity index (χ3v) is 1.48. The first-order valence-electron chi connectivity index (χ1n) is 4.48. The Hall–Kier alpha value is -1.81. The van der Waals surface area contributed by atoms with Gasteiger partial charge in [0, 0.05) is 11.8 Å². The van der Waals surface area contributed by atoms with Crippen molar-refractivity contribution in [2.45, 2.75) is 13.0 Å². The molecule has 0 aliphatic carbocycles. The molecule has 0 amide bonds. The summed E-state index contributed by atoms with van der Waals surface area (Å²) >= 11 is 0. The lowest BCUT2D eigenvalue weighted by Crippen LogP contribution is -1.93. The summed E-state index contributed by atoms with van der Waals surface area (Å²) in [5, 5.41) is 17.4. The summed E-state index contributed by atoms with van der Waals surface area (Å²) in [5.41, 5.74) is 1.32. The highest BCUT2D eigenvalue weighted by Gasteiger charge is 1.90. The van der Waals surface area contributed by atoms with E-state index in [1.54, 1.807) is 25.3 Å². The third-order valence-electron chi connectivity index (χ3n) is 1.48. The fourth-order valence-corrected chi connectivity index (χ4v) is 0.860. The molecule has 0 spiro atoms. The fraction of sp³-hybridized carbons (Fsp3) is 0.250. The van der Waals surface area contributed by atoms with Crippen LogP contribution in [0.5, 0.6) is 0 Å². The first-order valence-corrected chi connectivity index (χ1v) is 4.48. The van der Waals surface area contributed by atoms with Gasteiger partial charge in [-0.05, 0) is 25.0 Å². The summed E-state index contributed by atoms with van der Waals surface area (Å²) in [6, 6.07) is 3.48. The van der Waals surface area contributed by atoms with Crippen molar-refractivity contribution in [2.75, 3.05) is 6.61 Å². The van der Waals surface area contributed by atoms with Gasteiger partial charge in [0.2, 0.25) is 0 Å². The van der Waals surface area contributed by atoms with Crippen molar-refractivity contribution in [3.8, 4) is 23.7 Å². The van der Waals surface area contributed by atoms with Crippen LogP contribution in [0.3, 0.4) is 0 Å². The van der Waals surface area contributed by atoms with Crippen molar-refractivity contribution in [3.63, 3.8) is 0 Å². The Labute approximate surface area is 88.8 Å². The van der Waals surface area contributed by atoms with E-state index < -0.39 is 6.10 Å². The van der Waals surface area contributed by atoms with E-state index in [1.807, 2.05) is 0 Å². The van der Waals surface area contributed by atoms with Gasteiger partial charge < -0.3 is 10.2 Å².